The van der Waals surface area contributed by atoms with Crippen LogP contribution in [0, 0.1) is 0 Å². The van der Waals surface area contributed by atoms with Crippen LogP contribution in [0.1, 0.15) is 28.4 Å². The molecule has 2 amide bonds. The van der Waals surface area contributed by atoms with Gasteiger partial charge in [0.25, 0.3) is 11.8 Å². The molecule has 3 aromatic carbocycles. The van der Waals surface area contributed by atoms with Crippen LogP contribution in [0.2, 0.25) is 0 Å². The van der Waals surface area contributed by atoms with Crippen molar-refractivity contribution in [1.82, 2.24) is 5.32 Å². The highest BCUT2D eigenvalue weighted by atomic mass is 32.2. The molecule has 0 bridgehead atoms. The molecule has 1 aliphatic rings. The number of nitrogens with one attached hydrogen (secondary N) is 1. The second-order valence-corrected chi connectivity index (χ2v) is 9.78. The number of rotatable bonds is 10. The molecule has 0 unspecified atom stereocenters. The Morgan fingerprint density at radius 3 is 2.36 bits per heavy atom. The van der Waals surface area contributed by atoms with Gasteiger partial charge in [0.05, 0.1) is 38.5 Å². The summed E-state index contributed by atoms with van der Waals surface area (Å²) in [4.78, 5) is 29.1. The summed E-state index contributed by atoms with van der Waals surface area (Å²) in [7, 11) is 6.49. The number of thioether (sulfide) groups is 1. The van der Waals surface area contributed by atoms with Crippen molar-refractivity contribution < 1.29 is 28.5 Å². The van der Waals surface area contributed by atoms with Crippen LogP contribution in [0.4, 0.5) is 5.69 Å². The zero-order valence-corrected chi connectivity index (χ0v) is 23.5. The molecule has 0 radical (unpaired) electrons. The number of benzene rings is 3. The molecular weight excluding hydrogens is 516 g/mol. The summed E-state index contributed by atoms with van der Waals surface area (Å²) in [6.45, 7) is 2.90. The number of fused-ring (bicyclic) bond motifs is 1. The molecule has 1 aliphatic heterocycles. The summed E-state index contributed by atoms with van der Waals surface area (Å²) in [5, 5.41) is 2.96. The van der Waals surface area contributed by atoms with E-state index in [-0.39, 0.29) is 11.8 Å². The van der Waals surface area contributed by atoms with Gasteiger partial charge in [-0.2, -0.15) is 0 Å². The summed E-state index contributed by atoms with van der Waals surface area (Å²) in [6, 6.07) is 16.7. The van der Waals surface area contributed by atoms with Crippen LogP contribution in [-0.2, 0) is 11.2 Å². The topological polar surface area (TPSA) is 86.3 Å². The molecule has 39 heavy (non-hydrogen) atoms. The van der Waals surface area contributed by atoms with E-state index in [1.54, 1.807) is 45.4 Å². The maximum atomic E-state index is 13.2. The molecule has 0 aliphatic carbocycles. The molecule has 1 heterocycles. The summed E-state index contributed by atoms with van der Waals surface area (Å²) < 4.78 is 21.6. The number of anilines is 1. The zero-order chi connectivity index (χ0) is 27.9. The SMILES string of the molecule is CCOc1ccc(/C=C2/Sc3ccc(C(=O)NCCc4ccc(OC)c(OC)c4)cc3N(C)C2=O)cc1OC. The van der Waals surface area contributed by atoms with E-state index >= 15 is 0 Å². The number of amides is 2. The number of carbonyl (C=O) groups is 2. The van der Waals surface area contributed by atoms with Crippen molar-refractivity contribution in [2.24, 2.45) is 0 Å². The van der Waals surface area contributed by atoms with E-state index in [9.17, 15) is 9.59 Å². The fourth-order valence-corrected chi connectivity index (χ4v) is 5.29. The molecule has 1 N–H and O–H groups in total. The fourth-order valence-electron chi connectivity index (χ4n) is 4.19. The summed E-state index contributed by atoms with van der Waals surface area (Å²) in [5.74, 6) is 2.22. The van der Waals surface area contributed by atoms with E-state index in [4.69, 9.17) is 18.9 Å². The summed E-state index contributed by atoms with van der Waals surface area (Å²) >= 11 is 1.38. The van der Waals surface area contributed by atoms with Crippen molar-refractivity contribution in [3.05, 3.63) is 76.2 Å². The van der Waals surface area contributed by atoms with Gasteiger partial charge in [-0.1, -0.05) is 23.9 Å². The van der Waals surface area contributed by atoms with E-state index in [0.717, 1.165) is 16.0 Å². The van der Waals surface area contributed by atoms with Gasteiger partial charge in [0.15, 0.2) is 23.0 Å². The van der Waals surface area contributed by atoms with Crippen LogP contribution >= 0.6 is 11.8 Å². The van der Waals surface area contributed by atoms with Gasteiger partial charge in [-0.15, -0.1) is 0 Å². The van der Waals surface area contributed by atoms with Crippen molar-refractivity contribution in [1.29, 1.82) is 0 Å². The maximum Gasteiger partial charge on any atom is 0.264 e. The van der Waals surface area contributed by atoms with Gasteiger partial charge < -0.3 is 29.2 Å². The van der Waals surface area contributed by atoms with E-state index in [1.807, 2.05) is 55.5 Å². The van der Waals surface area contributed by atoms with Crippen LogP contribution in [0.15, 0.2) is 64.4 Å². The molecule has 0 spiro atoms. The quantitative estimate of drug-likeness (QED) is 0.349. The Morgan fingerprint density at radius 1 is 0.923 bits per heavy atom. The van der Waals surface area contributed by atoms with Gasteiger partial charge in [-0.25, -0.2) is 0 Å². The smallest absolute Gasteiger partial charge is 0.264 e. The number of nitrogens with zero attached hydrogens (tertiary/aromatic N) is 1. The molecule has 0 saturated carbocycles. The Kier molecular flexibility index (Phi) is 9.03. The number of likely N-dealkylation sites (N-methyl/N-ethyl adjacent to an activating group) is 1. The van der Waals surface area contributed by atoms with Crippen LogP contribution < -0.4 is 29.2 Å². The highest BCUT2D eigenvalue weighted by Crippen LogP contribution is 2.42. The molecule has 0 fully saturated rings. The zero-order valence-electron chi connectivity index (χ0n) is 22.7. The second kappa shape index (κ2) is 12.6. The van der Waals surface area contributed by atoms with Gasteiger partial charge in [-0.3, -0.25) is 9.59 Å². The Bertz CT molecular complexity index is 1400. The van der Waals surface area contributed by atoms with E-state index < -0.39 is 0 Å². The third kappa shape index (κ3) is 6.31. The van der Waals surface area contributed by atoms with Gasteiger partial charge in [0, 0.05) is 24.1 Å². The third-order valence-corrected chi connectivity index (χ3v) is 7.33. The lowest BCUT2D eigenvalue weighted by atomic mass is 10.1. The average molecular weight is 549 g/mol. The lowest BCUT2D eigenvalue weighted by molar-refractivity contribution is -0.114. The first-order valence-corrected chi connectivity index (χ1v) is 13.3. The van der Waals surface area contributed by atoms with Gasteiger partial charge in [-0.05, 0) is 73.0 Å². The minimum absolute atomic E-state index is 0.147. The van der Waals surface area contributed by atoms with E-state index in [1.165, 1.54) is 11.8 Å². The maximum absolute atomic E-state index is 13.2. The fraction of sp³-hybridized carbons (Fsp3) is 0.267. The molecule has 0 saturated heterocycles. The first-order valence-electron chi connectivity index (χ1n) is 12.5. The Morgan fingerprint density at radius 2 is 1.64 bits per heavy atom. The highest BCUT2D eigenvalue weighted by molar-refractivity contribution is 8.04. The van der Waals surface area contributed by atoms with Crippen LogP contribution in [0.5, 0.6) is 23.0 Å². The van der Waals surface area contributed by atoms with Gasteiger partial charge >= 0.3 is 0 Å². The van der Waals surface area contributed by atoms with Crippen molar-refractivity contribution in [2.45, 2.75) is 18.2 Å². The predicted molar refractivity (Wildman–Crippen MR) is 153 cm³/mol. The molecule has 9 heteroatoms. The number of hydrogen-bond donors (Lipinski definition) is 1. The number of hydrogen-bond acceptors (Lipinski definition) is 7. The minimum atomic E-state index is -0.202. The van der Waals surface area contributed by atoms with Crippen molar-refractivity contribution >= 4 is 35.3 Å². The predicted octanol–water partition coefficient (Wildman–Crippen LogP) is 5.19. The number of carbonyl (C=O) groups excluding carboxylic acids is 2. The monoisotopic (exact) mass is 548 g/mol. The van der Waals surface area contributed by atoms with E-state index in [2.05, 4.69) is 5.32 Å². The van der Waals surface area contributed by atoms with Crippen molar-refractivity contribution in [2.75, 3.05) is 46.4 Å². The summed E-state index contributed by atoms with van der Waals surface area (Å²) in [6.07, 6.45) is 2.47. The van der Waals surface area contributed by atoms with Gasteiger partial charge in [0.2, 0.25) is 0 Å². The largest absolute Gasteiger partial charge is 0.493 e. The summed E-state index contributed by atoms with van der Waals surface area (Å²) in [5.41, 5.74) is 3.03. The standard InChI is InChI=1S/C30H32N2O6S/c1-6-38-24-11-8-20(16-26(24)37-5)17-28-30(34)32(2)22-18-21(9-12-27(22)39-28)29(33)31-14-13-19-7-10-23(35-3)25(15-19)36-4/h7-12,15-18H,6,13-14H2,1-5H3,(H,31,33)/b28-17+. The van der Waals surface area contributed by atoms with Crippen LogP contribution in [-0.4, -0.2) is 53.3 Å². The van der Waals surface area contributed by atoms with Gasteiger partial charge in [0.1, 0.15) is 0 Å². The molecule has 0 atom stereocenters. The Labute approximate surface area is 232 Å². The molecule has 0 aromatic heterocycles. The first-order chi connectivity index (χ1) is 18.9. The molecule has 8 nitrogen and oxygen atoms in total. The normalized spacial score (nSPS) is 13.6. The lowest BCUT2D eigenvalue weighted by Gasteiger charge is -2.27. The molecule has 204 valence electrons. The Balaban J connectivity index is 1.45. The van der Waals surface area contributed by atoms with E-state index in [0.29, 0.717) is 58.7 Å². The molecular formula is C30H32N2O6S. The third-order valence-electron chi connectivity index (χ3n) is 6.25. The average Bonchev–Trinajstić information content (AvgIpc) is 2.96. The van der Waals surface area contributed by atoms with Crippen molar-refractivity contribution in [3.63, 3.8) is 0 Å². The molecule has 3 aromatic rings. The van der Waals surface area contributed by atoms with Crippen LogP contribution in [0.3, 0.4) is 0 Å². The van der Waals surface area contributed by atoms with Crippen molar-refractivity contribution in [3.8, 4) is 23.0 Å². The number of ether oxygens (including phenoxy) is 4. The minimum Gasteiger partial charge on any atom is -0.493 e. The number of methoxy groups -OCH3 is 3. The lowest BCUT2D eigenvalue weighted by Crippen LogP contribution is -2.31. The highest BCUT2D eigenvalue weighted by Gasteiger charge is 2.27. The molecule has 4 rings (SSSR count). The first kappa shape index (κ1) is 27.9. The Hall–Kier alpha value is -4.11. The second-order valence-electron chi connectivity index (χ2n) is 8.70. The van der Waals surface area contributed by atoms with Crippen LogP contribution in [0.25, 0.3) is 6.08 Å².